The zero-order valence-corrected chi connectivity index (χ0v) is 11.9. The fourth-order valence-corrected chi connectivity index (χ4v) is 4.43. The van der Waals surface area contributed by atoms with E-state index in [1.54, 1.807) is 0 Å². The van der Waals surface area contributed by atoms with Crippen LogP contribution in [0.15, 0.2) is 0 Å². The number of hydrogen-bond donors (Lipinski definition) is 1. The molecule has 0 aromatic heterocycles. The molecule has 4 aliphatic rings. The van der Waals surface area contributed by atoms with Crippen molar-refractivity contribution in [3.8, 4) is 0 Å². The molecule has 0 amide bonds. The summed E-state index contributed by atoms with van der Waals surface area (Å²) in [7, 11) is 4.42. The standard InChI is InChI=1S/C14H28N4/c1-16(2)13-5-8-18(9-13)14(10-15)11-17-6-3-12(14)4-7-17/h12-13H,3-11,15H2,1-2H3. The molecule has 0 aliphatic carbocycles. The third-order valence-corrected chi connectivity index (χ3v) is 5.72. The third kappa shape index (κ3) is 1.90. The van der Waals surface area contributed by atoms with Crippen LogP contribution in [0.1, 0.15) is 19.3 Å². The molecule has 4 nitrogen and oxygen atoms in total. The Morgan fingerprint density at radius 3 is 2.33 bits per heavy atom. The first-order valence-electron chi connectivity index (χ1n) is 7.49. The van der Waals surface area contributed by atoms with Crippen LogP contribution in [0, 0.1) is 5.92 Å². The molecule has 2 unspecified atom stereocenters. The van der Waals surface area contributed by atoms with Crippen LogP contribution in [-0.2, 0) is 0 Å². The normalized spacial score (nSPS) is 45.0. The van der Waals surface area contributed by atoms with Gasteiger partial charge < -0.3 is 15.5 Å². The van der Waals surface area contributed by atoms with Gasteiger partial charge in [-0.2, -0.15) is 0 Å². The summed E-state index contributed by atoms with van der Waals surface area (Å²) in [6.07, 6.45) is 4.03. The van der Waals surface area contributed by atoms with Crippen molar-refractivity contribution in [2.45, 2.75) is 30.8 Å². The van der Waals surface area contributed by atoms with Crippen molar-refractivity contribution in [1.82, 2.24) is 14.7 Å². The highest BCUT2D eigenvalue weighted by atomic mass is 15.3. The van der Waals surface area contributed by atoms with E-state index in [9.17, 15) is 0 Å². The summed E-state index contributed by atoms with van der Waals surface area (Å²) in [5.41, 5.74) is 6.54. The molecule has 104 valence electrons. The molecule has 2 bridgehead atoms. The van der Waals surface area contributed by atoms with Gasteiger partial charge in [-0.05, 0) is 52.4 Å². The van der Waals surface area contributed by atoms with Gasteiger partial charge in [-0.15, -0.1) is 0 Å². The topological polar surface area (TPSA) is 35.7 Å². The lowest BCUT2D eigenvalue weighted by atomic mass is 9.71. The van der Waals surface area contributed by atoms with Crippen molar-refractivity contribution in [3.63, 3.8) is 0 Å². The molecule has 2 atom stereocenters. The maximum absolute atomic E-state index is 6.24. The second kappa shape index (κ2) is 4.75. The van der Waals surface area contributed by atoms with E-state index in [0.29, 0.717) is 5.54 Å². The molecule has 0 radical (unpaired) electrons. The zero-order valence-electron chi connectivity index (χ0n) is 11.9. The molecule has 4 fully saturated rings. The molecular weight excluding hydrogens is 224 g/mol. The van der Waals surface area contributed by atoms with Gasteiger partial charge in [-0.3, -0.25) is 4.90 Å². The van der Waals surface area contributed by atoms with Gasteiger partial charge in [0.15, 0.2) is 0 Å². The summed E-state index contributed by atoms with van der Waals surface area (Å²) < 4.78 is 0. The smallest absolute Gasteiger partial charge is 0.0488 e. The fraction of sp³-hybridized carbons (Fsp3) is 1.00. The Labute approximate surface area is 111 Å². The highest BCUT2D eigenvalue weighted by Gasteiger charge is 2.50. The van der Waals surface area contributed by atoms with Gasteiger partial charge in [0.1, 0.15) is 0 Å². The van der Waals surface area contributed by atoms with Crippen LogP contribution < -0.4 is 5.73 Å². The minimum absolute atomic E-state index is 0.293. The molecule has 4 heterocycles. The van der Waals surface area contributed by atoms with Crippen LogP contribution >= 0.6 is 0 Å². The van der Waals surface area contributed by atoms with Crippen molar-refractivity contribution in [2.24, 2.45) is 11.7 Å². The molecule has 0 saturated carbocycles. The fourth-order valence-electron chi connectivity index (χ4n) is 4.43. The predicted octanol–water partition coefficient (Wildman–Crippen LogP) is 0.0454. The van der Waals surface area contributed by atoms with E-state index in [1.165, 1.54) is 52.0 Å². The van der Waals surface area contributed by atoms with E-state index >= 15 is 0 Å². The van der Waals surface area contributed by atoms with Crippen LogP contribution in [0.25, 0.3) is 0 Å². The van der Waals surface area contributed by atoms with Crippen LogP contribution in [0.3, 0.4) is 0 Å². The summed E-state index contributed by atoms with van der Waals surface area (Å²) in [5, 5.41) is 0. The van der Waals surface area contributed by atoms with Gasteiger partial charge in [0.05, 0.1) is 0 Å². The van der Waals surface area contributed by atoms with Crippen LogP contribution in [-0.4, -0.2) is 79.6 Å². The van der Waals surface area contributed by atoms with E-state index in [4.69, 9.17) is 5.73 Å². The Morgan fingerprint density at radius 2 is 1.89 bits per heavy atom. The summed E-state index contributed by atoms with van der Waals surface area (Å²) >= 11 is 0. The molecule has 0 aromatic carbocycles. The lowest BCUT2D eigenvalue weighted by Gasteiger charge is -2.57. The molecule has 0 spiro atoms. The molecule has 0 aromatic rings. The van der Waals surface area contributed by atoms with Gasteiger partial charge in [0.2, 0.25) is 0 Å². The minimum Gasteiger partial charge on any atom is -0.329 e. The highest BCUT2D eigenvalue weighted by Crippen LogP contribution is 2.40. The molecule has 18 heavy (non-hydrogen) atoms. The summed E-state index contributed by atoms with van der Waals surface area (Å²) in [5.74, 6) is 0.841. The minimum atomic E-state index is 0.293. The van der Waals surface area contributed by atoms with E-state index < -0.39 is 0 Å². The molecule has 2 N–H and O–H groups in total. The zero-order chi connectivity index (χ0) is 12.8. The number of likely N-dealkylation sites (tertiary alicyclic amines) is 1. The Balaban J connectivity index is 1.76. The van der Waals surface area contributed by atoms with E-state index in [2.05, 4.69) is 28.8 Å². The average molecular weight is 252 g/mol. The Bertz CT molecular complexity index is 298. The molecular formula is C14H28N4. The molecule has 4 aliphatic heterocycles. The molecule has 4 rings (SSSR count). The second-order valence-electron chi connectivity index (χ2n) is 6.71. The van der Waals surface area contributed by atoms with Crippen molar-refractivity contribution in [3.05, 3.63) is 0 Å². The molecule has 4 heteroatoms. The van der Waals surface area contributed by atoms with Gasteiger partial charge >= 0.3 is 0 Å². The lowest BCUT2D eigenvalue weighted by molar-refractivity contribution is -0.0592. The first kappa shape index (κ1) is 12.9. The van der Waals surface area contributed by atoms with Crippen LogP contribution in [0.2, 0.25) is 0 Å². The van der Waals surface area contributed by atoms with E-state index in [0.717, 1.165) is 18.5 Å². The third-order valence-electron chi connectivity index (χ3n) is 5.72. The number of nitrogens with zero attached hydrogens (tertiary/aromatic N) is 3. The maximum Gasteiger partial charge on any atom is 0.0488 e. The monoisotopic (exact) mass is 252 g/mol. The lowest BCUT2D eigenvalue weighted by Crippen LogP contribution is -2.69. The summed E-state index contributed by atoms with van der Waals surface area (Å²) in [6.45, 7) is 7.12. The number of fused-ring (bicyclic) bond motifs is 3. The van der Waals surface area contributed by atoms with Crippen molar-refractivity contribution >= 4 is 0 Å². The Kier molecular flexibility index (Phi) is 3.39. The summed E-state index contributed by atoms with van der Waals surface area (Å²) in [4.78, 5) is 7.75. The van der Waals surface area contributed by atoms with Gasteiger partial charge in [-0.1, -0.05) is 0 Å². The number of rotatable bonds is 3. The first-order valence-corrected chi connectivity index (χ1v) is 7.49. The Morgan fingerprint density at radius 1 is 1.17 bits per heavy atom. The van der Waals surface area contributed by atoms with Crippen molar-refractivity contribution < 1.29 is 0 Å². The SMILES string of the molecule is CN(C)C1CCN(C2(CN)CN3CCC2CC3)C1. The quantitative estimate of drug-likeness (QED) is 0.770. The number of nitrogens with two attached hydrogens (primary N) is 1. The average Bonchev–Trinajstić information content (AvgIpc) is 2.90. The first-order chi connectivity index (χ1) is 8.65. The van der Waals surface area contributed by atoms with Crippen molar-refractivity contribution in [2.75, 3.05) is 53.4 Å². The number of hydrogen-bond acceptors (Lipinski definition) is 4. The highest BCUT2D eigenvalue weighted by molar-refractivity contribution is 5.08. The predicted molar refractivity (Wildman–Crippen MR) is 74.6 cm³/mol. The maximum atomic E-state index is 6.24. The Hall–Kier alpha value is -0.160. The van der Waals surface area contributed by atoms with Crippen molar-refractivity contribution in [1.29, 1.82) is 0 Å². The van der Waals surface area contributed by atoms with Gasteiger partial charge in [-0.25, -0.2) is 0 Å². The van der Waals surface area contributed by atoms with E-state index in [-0.39, 0.29) is 0 Å². The second-order valence-corrected chi connectivity index (χ2v) is 6.71. The largest absolute Gasteiger partial charge is 0.329 e. The number of piperidine rings is 3. The van der Waals surface area contributed by atoms with Crippen LogP contribution in [0.5, 0.6) is 0 Å². The molecule has 4 saturated heterocycles. The number of likely N-dealkylation sites (N-methyl/N-ethyl adjacent to an activating group) is 1. The van der Waals surface area contributed by atoms with Gasteiger partial charge in [0.25, 0.3) is 0 Å². The summed E-state index contributed by atoms with van der Waals surface area (Å²) in [6, 6.07) is 0.726. The van der Waals surface area contributed by atoms with E-state index in [1.807, 2.05) is 0 Å². The van der Waals surface area contributed by atoms with Crippen LogP contribution in [0.4, 0.5) is 0 Å². The van der Waals surface area contributed by atoms with Gasteiger partial charge in [0, 0.05) is 37.8 Å².